The molecule has 1 aliphatic rings. The molecule has 3 heterocycles. The summed E-state index contributed by atoms with van der Waals surface area (Å²) in [7, 11) is 0. The third-order valence-corrected chi connectivity index (χ3v) is 4.62. The number of carbonyl (C=O) groups is 1. The maximum atomic E-state index is 12.9. The molecule has 1 aliphatic heterocycles. The van der Waals surface area contributed by atoms with Crippen LogP contribution >= 0.6 is 0 Å². The van der Waals surface area contributed by atoms with Gasteiger partial charge < -0.3 is 4.90 Å². The largest absolute Gasteiger partial charge is 0.337 e. The molecule has 1 saturated heterocycles. The minimum Gasteiger partial charge on any atom is -0.337 e. The van der Waals surface area contributed by atoms with E-state index >= 15 is 0 Å². The SMILES string of the molecule is Cc1cc(C(=O)N2CCC[C@H](n3cccn3)C2)ccc1-n1cnnn1. The van der Waals surface area contributed by atoms with Crippen LogP contribution in [0.3, 0.4) is 0 Å². The van der Waals surface area contributed by atoms with Gasteiger partial charge in [0.2, 0.25) is 0 Å². The Hall–Kier alpha value is -3.03. The second-order valence-electron chi connectivity index (χ2n) is 6.29. The predicted molar refractivity (Wildman–Crippen MR) is 90.3 cm³/mol. The van der Waals surface area contributed by atoms with E-state index in [-0.39, 0.29) is 11.9 Å². The number of benzene rings is 1. The van der Waals surface area contributed by atoms with Gasteiger partial charge in [-0.2, -0.15) is 5.10 Å². The first-order chi connectivity index (χ1) is 12.2. The molecule has 0 unspecified atom stereocenters. The van der Waals surface area contributed by atoms with Crippen molar-refractivity contribution in [2.45, 2.75) is 25.8 Å². The Morgan fingerprint density at radius 2 is 2.24 bits per heavy atom. The molecule has 1 fully saturated rings. The number of rotatable bonds is 3. The van der Waals surface area contributed by atoms with E-state index in [4.69, 9.17) is 0 Å². The summed E-state index contributed by atoms with van der Waals surface area (Å²) in [5.41, 5.74) is 2.52. The average molecular weight is 337 g/mol. The number of hydrogen-bond donors (Lipinski definition) is 0. The van der Waals surface area contributed by atoms with Crippen molar-refractivity contribution >= 4 is 5.91 Å². The molecule has 1 atom stereocenters. The van der Waals surface area contributed by atoms with Crippen LogP contribution in [0.1, 0.15) is 34.8 Å². The molecular weight excluding hydrogens is 318 g/mol. The van der Waals surface area contributed by atoms with Gasteiger partial charge >= 0.3 is 0 Å². The van der Waals surface area contributed by atoms with Crippen molar-refractivity contribution in [2.24, 2.45) is 0 Å². The summed E-state index contributed by atoms with van der Waals surface area (Å²) in [5.74, 6) is 0.0585. The Morgan fingerprint density at radius 3 is 2.96 bits per heavy atom. The van der Waals surface area contributed by atoms with E-state index in [9.17, 15) is 4.79 Å². The van der Waals surface area contributed by atoms with Crippen molar-refractivity contribution in [2.75, 3.05) is 13.1 Å². The van der Waals surface area contributed by atoms with Crippen LogP contribution < -0.4 is 0 Å². The number of amides is 1. The third-order valence-electron chi connectivity index (χ3n) is 4.62. The Bertz CT molecular complexity index is 857. The number of piperidine rings is 1. The second kappa shape index (κ2) is 6.46. The lowest BCUT2D eigenvalue weighted by atomic mass is 10.0. The lowest BCUT2D eigenvalue weighted by Gasteiger charge is -2.33. The van der Waals surface area contributed by atoms with Crippen LogP contribution in [0, 0.1) is 6.92 Å². The summed E-state index contributed by atoms with van der Waals surface area (Å²) in [4.78, 5) is 14.8. The van der Waals surface area contributed by atoms with Crippen LogP contribution in [0.4, 0.5) is 0 Å². The van der Waals surface area contributed by atoms with Gasteiger partial charge in [0, 0.05) is 31.0 Å². The molecule has 0 spiro atoms. The lowest BCUT2D eigenvalue weighted by molar-refractivity contribution is 0.0673. The monoisotopic (exact) mass is 337 g/mol. The Balaban J connectivity index is 1.53. The van der Waals surface area contributed by atoms with E-state index in [2.05, 4.69) is 20.6 Å². The Morgan fingerprint density at radius 1 is 1.32 bits per heavy atom. The maximum absolute atomic E-state index is 12.9. The zero-order chi connectivity index (χ0) is 17.2. The van der Waals surface area contributed by atoms with Crippen LogP contribution in [0.15, 0.2) is 43.0 Å². The smallest absolute Gasteiger partial charge is 0.253 e. The summed E-state index contributed by atoms with van der Waals surface area (Å²) >= 11 is 0. The third kappa shape index (κ3) is 3.02. The summed E-state index contributed by atoms with van der Waals surface area (Å²) in [6.45, 7) is 3.43. The Labute approximate surface area is 145 Å². The van der Waals surface area contributed by atoms with Gasteiger partial charge in [-0.3, -0.25) is 9.48 Å². The van der Waals surface area contributed by atoms with Gasteiger partial charge in [-0.15, -0.1) is 5.10 Å². The van der Waals surface area contributed by atoms with Crippen molar-refractivity contribution in [3.8, 4) is 5.69 Å². The average Bonchev–Trinajstić information content (AvgIpc) is 3.35. The van der Waals surface area contributed by atoms with E-state index < -0.39 is 0 Å². The van der Waals surface area contributed by atoms with Gasteiger partial charge in [-0.25, -0.2) is 4.68 Å². The quantitative estimate of drug-likeness (QED) is 0.726. The minimum atomic E-state index is 0.0585. The molecule has 0 aliphatic carbocycles. The van der Waals surface area contributed by atoms with Crippen LogP contribution in [-0.2, 0) is 0 Å². The fourth-order valence-electron chi connectivity index (χ4n) is 3.35. The van der Waals surface area contributed by atoms with Crippen LogP contribution in [-0.4, -0.2) is 53.9 Å². The van der Waals surface area contributed by atoms with Gasteiger partial charge in [0.05, 0.1) is 11.7 Å². The van der Waals surface area contributed by atoms with E-state index in [0.717, 1.165) is 30.6 Å². The highest BCUT2D eigenvalue weighted by atomic mass is 16.2. The zero-order valence-electron chi connectivity index (χ0n) is 14.0. The fourth-order valence-corrected chi connectivity index (χ4v) is 3.35. The van der Waals surface area contributed by atoms with Gasteiger partial charge in [0.15, 0.2) is 0 Å². The first-order valence-electron chi connectivity index (χ1n) is 8.35. The number of aryl methyl sites for hydroxylation is 1. The maximum Gasteiger partial charge on any atom is 0.253 e. The van der Waals surface area contributed by atoms with E-state index in [0.29, 0.717) is 12.1 Å². The summed E-state index contributed by atoms with van der Waals surface area (Å²) < 4.78 is 3.55. The van der Waals surface area contributed by atoms with E-state index in [1.807, 2.05) is 47.0 Å². The first-order valence-corrected chi connectivity index (χ1v) is 8.35. The number of tetrazole rings is 1. The molecule has 1 aromatic carbocycles. The molecule has 128 valence electrons. The van der Waals surface area contributed by atoms with Gasteiger partial charge in [0.25, 0.3) is 5.91 Å². The molecule has 1 amide bonds. The molecule has 0 radical (unpaired) electrons. The number of nitrogens with zero attached hydrogens (tertiary/aromatic N) is 7. The molecule has 3 aromatic rings. The highest BCUT2D eigenvalue weighted by molar-refractivity contribution is 5.94. The number of aromatic nitrogens is 6. The number of carbonyl (C=O) groups excluding carboxylic acids is 1. The molecule has 0 bridgehead atoms. The standard InChI is InChI=1S/C17H19N7O/c1-13-10-14(5-6-16(13)24-12-18-20-21-24)17(25)22-8-2-4-15(11-22)23-9-3-7-19-23/h3,5-7,9-10,12,15H,2,4,8,11H2,1H3/t15-/m0/s1. The zero-order valence-corrected chi connectivity index (χ0v) is 14.0. The minimum absolute atomic E-state index is 0.0585. The van der Waals surface area contributed by atoms with Crippen LogP contribution in [0.2, 0.25) is 0 Å². The molecule has 25 heavy (non-hydrogen) atoms. The second-order valence-corrected chi connectivity index (χ2v) is 6.29. The molecular formula is C17H19N7O. The van der Waals surface area contributed by atoms with Gasteiger partial charge in [-0.05, 0) is 60.0 Å². The lowest BCUT2D eigenvalue weighted by Crippen LogP contribution is -2.40. The summed E-state index contributed by atoms with van der Waals surface area (Å²) in [5, 5.41) is 15.5. The normalized spacial score (nSPS) is 17.6. The van der Waals surface area contributed by atoms with E-state index in [1.165, 1.54) is 0 Å². The highest BCUT2D eigenvalue weighted by Crippen LogP contribution is 2.23. The van der Waals surface area contributed by atoms with Crippen LogP contribution in [0.5, 0.6) is 0 Å². The van der Waals surface area contributed by atoms with Crippen molar-refractivity contribution in [3.05, 3.63) is 54.1 Å². The summed E-state index contributed by atoms with van der Waals surface area (Å²) in [6, 6.07) is 7.78. The van der Waals surface area contributed by atoms with Crippen molar-refractivity contribution < 1.29 is 4.79 Å². The predicted octanol–water partition coefficient (Wildman–Crippen LogP) is 1.64. The highest BCUT2D eigenvalue weighted by Gasteiger charge is 2.26. The molecule has 8 nitrogen and oxygen atoms in total. The molecule has 2 aromatic heterocycles. The van der Waals surface area contributed by atoms with Crippen LogP contribution in [0.25, 0.3) is 5.69 Å². The van der Waals surface area contributed by atoms with Crippen molar-refractivity contribution in [3.63, 3.8) is 0 Å². The fraction of sp³-hybridized carbons (Fsp3) is 0.353. The van der Waals surface area contributed by atoms with E-state index in [1.54, 1.807) is 17.2 Å². The molecule has 0 N–H and O–H groups in total. The van der Waals surface area contributed by atoms with Gasteiger partial charge in [0.1, 0.15) is 6.33 Å². The molecule has 0 saturated carbocycles. The summed E-state index contributed by atoms with van der Waals surface area (Å²) in [6.07, 6.45) is 7.31. The topological polar surface area (TPSA) is 81.7 Å². The van der Waals surface area contributed by atoms with Crippen molar-refractivity contribution in [1.29, 1.82) is 0 Å². The van der Waals surface area contributed by atoms with Gasteiger partial charge in [-0.1, -0.05) is 0 Å². The molecule has 8 heteroatoms. The number of hydrogen-bond acceptors (Lipinski definition) is 5. The molecule has 4 rings (SSSR count). The van der Waals surface area contributed by atoms with Crippen molar-refractivity contribution in [1.82, 2.24) is 34.9 Å². The number of likely N-dealkylation sites (tertiary alicyclic amines) is 1. The Kier molecular flexibility index (Phi) is 4.01. The first kappa shape index (κ1) is 15.5.